The molecule has 6 aromatic rings. The Morgan fingerprint density at radius 1 is 0.439 bits per heavy atom. The van der Waals surface area contributed by atoms with Gasteiger partial charge in [-0.05, 0) is 150 Å². The number of ketones is 2. The Labute approximate surface area is 387 Å². The zero-order valence-electron chi connectivity index (χ0n) is 38.2. The minimum Gasteiger partial charge on any atom is -0.377 e. The molecule has 0 aromatic heterocycles. The standard InChI is InChI=1S/C56H54N4O6/c1-37(2)65-35-33-57-53(43-21-29-49(30-22-43)59(45-13-9-7-10-14-45)47-25-17-41(18-26-47)39(5)61)51-52(55(57)63)54(58(56(51)64)34-36-66-38(3)4)44-23-31-50(32-24-44)60(46-15-11-8-12-16-46)48-27-19-42(20-28-48)40(6)62/h7-32,37-38H,33-36H2,1-6H3. The summed E-state index contributed by atoms with van der Waals surface area (Å²) in [6.45, 7) is 12.0. The number of anilines is 6. The van der Waals surface area contributed by atoms with Crippen LogP contribution in [0.15, 0.2) is 169 Å². The second-order valence-corrected chi connectivity index (χ2v) is 16.8. The maximum absolute atomic E-state index is 15.0. The first kappa shape index (κ1) is 45.2. The van der Waals surface area contributed by atoms with Crippen LogP contribution in [-0.2, 0) is 19.1 Å². The highest BCUT2D eigenvalue weighted by atomic mass is 16.5. The van der Waals surface area contributed by atoms with Gasteiger partial charge in [-0.3, -0.25) is 19.2 Å². The Hall–Kier alpha value is -7.40. The molecule has 0 unspecified atom stereocenters. The quantitative estimate of drug-likeness (QED) is 0.0787. The van der Waals surface area contributed by atoms with Crippen molar-refractivity contribution in [2.45, 2.75) is 53.8 Å². The lowest BCUT2D eigenvalue weighted by Gasteiger charge is -2.28. The van der Waals surface area contributed by atoms with Gasteiger partial charge in [0.2, 0.25) is 0 Å². The lowest BCUT2D eigenvalue weighted by Crippen LogP contribution is -2.33. The summed E-state index contributed by atoms with van der Waals surface area (Å²) in [6.07, 6.45) is -0.111. The second-order valence-electron chi connectivity index (χ2n) is 16.8. The molecule has 0 atom stereocenters. The minimum absolute atomic E-state index is 0.00846. The predicted molar refractivity (Wildman–Crippen MR) is 262 cm³/mol. The highest BCUT2D eigenvalue weighted by molar-refractivity contribution is 6.30. The van der Waals surface area contributed by atoms with E-state index in [1.165, 1.54) is 0 Å². The van der Waals surface area contributed by atoms with Gasteiger partial charge in [0, 0.05) is 58.3 Å². The van der Waals surface area contributed by atoms with Crippen molar-refractivity contribution < 1.29 is 28.7 Å². The third kappa shape index (κ3) is 9.38. The van der Waals surface area contributed by atoms with Crippen LogP contribution in [0.2, 0.25) is 0 Å². The summed E-state index contributed by atoms with van der Waals surface area (Å²) < 4.78 is 12.0. The smallest absolute Gasteiger partial charge is 0.261 e. The van der Waals surface area contributed by atoms with Crippen LogP contribution in [0.3, 0.4) is 0 Å². The second kappa shape index (κ2) is 19.8. The van der Waals surface area contributed by atoms with E-state index in [0.717, 1.165) is 34.1 Å². The van der Waals surface area contributed by atoms with Gasteiger partial charge in [-0.15, -0.1) is 0 Å². The number of hydrogen-bond acceptors (Lipinski definition) is 8. The number of para-hydroxylation sites is 2. The first-order valence-electron chi connectivity index (χ1n) is 22.4. The SMILES string of the molecule is CC(=O)c1ccc(N(c2ccccc2)c2ccc(C3=C4C(=O)N(CCOC(C)C)C(c5ccc(N(c6ccccc6)c6ccc(C(C)=O)cc6)cc5)=C4C(=O)N3CCOC(C)C)cc2)cc1. The molecule has 0 spiro atoms. The van der Waals surface area contributed by atoms with Gasteiger partial charge in [-0.1, -0.05) is 60.7 Å². The minimum atomic E-state index is -0.274. The zero-order valence-corrected chi connectivity index (χ0v) is 38.2. The lowest BCUT2D eigenvalue weighted by atomic mass is 10.0. The van der Waals surface area contributed by atoms with Crippen molar-refractivity contribution in [3.8, 4) is 0 Å². The van der Waals surface area contributed by atoms with Crippen molar-refractivity contribution in [3.63, 3.8) is 0 Å². The predicted octanol–water partition coefficient (Wildman–Crippen LogP) is 11.7. The average molecular weight is 879 g/mol. The van der Waals surface area contributed by atoms with Gasteiger partial charge in [-0.2, -0.15) is 0 Å². The van der Waals surface area contributed by atoms with E-state index < -0.39 is 0 Å². The number of benzene rings is 6. The van der Waals surface area contributed by atoms with Crippen LogP contribution in [0.4, 0.5) is 34.1 Å². The van der Waals surface area contributed by atoms with Crippen molar-refractivity contribution in [2.75, 3.05) is 36.1 Å². The molecule has 10 heteroatoms. The van der Waals surface area contributed by atoms with Crippen LogP contribution in [-0.4, -0.2) is 71.7 Å². The number of carbonyl (C=O) groups excluding carboxylic acids is 4. The van der Waals surface area contributed by atoms with Gasteiger partial charge in [0.25, 0.3) is 11.8 Å². The number of amides is 2. The number of Topliss-reactive ketones (excluding diaryl/α,β-unsaturated/α-hetero) is 2. The molecular formula is C56H54N4O6. The third-order valence-corrected chi connectivity index (χ3v) is 11.6. The Balaban J connectivity index is 1.24. The lowest BCUT2D eigenvalue weighted by molar-refractivity contribution is -0.124. The van der Waals surface area contributed by atoms with Gasteiger partial charge in [0.1, 0.15) is 0 Å². The van der Waals surface area contributed by atoms with Gasteiger partial charge >= 0.3 is 0 Å². The van der Waals surface area contributed by atoms with Crippen LogP contribution >= 0.6 is 0 Å². The van der Waals surface area contributed by atoms with Gasteiger partial charge in [0.15, 0.2) is 11.6 Å². The van der Waals surface area contributed by atoms with E-state index >= 15 is 9.59 Å². The molecule has 0 fully saturated rings. The highest BCUT2D eigenvalue weighted by Crippen LogP contribution is 2.47. The number of nitrogens with zero attached hydrogens (tertiary/aromatic N) is 4. The first-order valence-corrected chi connectivity index (χ1v) is 22.4. The van der Waals surface area contributed by atoms with Crippen molar-refractivity contribution in [1.29, 1.82) is 0 Å². The van der Waals surface area contributed by atoms with Gasteiger partial charge in [0.05, 0.1) is 48.0 Å². The van der Waals surface area contributed by atoms with E-state index in [9.17, 15) is 9.59 Å². The normalized spacial score (nSPS) is 13.6. The summed E-state index contributed by atoms with van der Waals surface area (Å²) in [7, 11) is 0. The van der Waals surface area contributed by atoms with E-state index in [1.54, 1.807) is 23.6 Å². The molecule has 0 saturated heterocycles. The van der Waals surface area contributed by atoms with Crippen LogP contribution < -0.4 is 9.80 Å². The number of rotatable bonds is 18. The molecule has 66 heavy (non-hydrogen) atoms. The van der Waals surface area contributed by atoms with E-state index in [4.69, 9.17) is 9.47 Å². The third-order valence-electron chi connectivity index (χ3n) is 11.6. The first-order chi connectivity index (χ1) is 31.9. The average Bonchev–Trinajstić information content (AvgIpc) is 3.77. The molecule has 2 aliphatic heterocycles. The highest BCUT2D eigenvalue weighted by Gasteiger charge is 2.48. The molecule has 0 N–H and O–H groups in total. The summed E-state index contributed by atoms with van der Waals surface area (Å²) in [6, 6.07) is 50.7. The molecule has 0 saturated carbocycles. The molecule has 334 valence electrons. The topological polar surface area (TPSA) is 99.7 Å². The van der Waals surface area contributed by atoms with Crippen molar-refractivity contribution >= 4 is 68.9 Å². The van der Waals surface area contributed by atoms with Crippen LogP contribution in [0.5, 0.6) is 0 Å². The largest absolute Gasteiger partial charge is 0.377 e. The molecule has 0 aliphatic carbocycles. The fourth-order valence-corrected chi connectivity index (χ4v) is 8.46. The maximum atomic E-state index is 15.0. The zero-order chi connectivity index (χ0) is 46.5. The van der Waals surface area contributed by atoms with Crippen LogP contribution in [0, 0.1) is 0 Å². The summed E-state index contributed by atoms with van der Waals surface area (Å²) in [5.41, 5.74) is 9.71. The summed E-state index contributed by atoms with van der Waals surface area (Å²) in [5, 5.41) is 0. The molecule has 8 rings (SSSR count). The fourth-order valence-electron chi connectivity index (χ4n) is 8.46. The van der Waals surface area contributed by atoms with E-state index in [0.29, 0.717) is 44.8 Å². The van der Waals surface area contributed by atoms with Crippen molar-refractivity contribution in [1.82, 2.24) is 9.80 Å². The van der Waals surface area contributed by atoms with E-state index in [1.807, 2.05) is 185 Å². The van der Waals surface area contributed by atoms with Crippen LogP contribution in [0.1, 0.15) is 73.4 Å². The van der Waals surface area contributed by atoms with Crippen molar-refractivity contribution in [3.05, 3.63) is 191 Å². The van der Waals surface area contributed by atoms with E-state index in [2.05, 4.69) is 9.80 Å². The molecular weight excluding hydrogens is 825 g/mol. The number of fused-ring (bicyclic) bond motifs is 1. The molecule has 2 heterocycles. The Morgan fingerprint density at radius 3 is 1.02 bits per heavy atom. The molecule has 2 amide bonds. The Kier molecular flexibility index (Phi) is 13.5. The molecule has 10 nitrogen and oxygen atoms in total. The number of ether oxygens (including phenoxy) is 2. The van der Waals surface area contributed by atoms with Crippen molar-refractivity contribution in [2.24, 2.45) is 0 Å². The number of hydrogen-bond donors (Lipinski definition) is 0. The Morgan fingerprint density at radius 2 is 0.727 bits per heavy atom. The summed E-state index contributed by atoms with van der Waals surface area (Å²) in [4.78, 5) is 61.9. The molecule has 0 bridgehead atoms. The molecule has 2 aliphatic rings. The fraction of sp³-hybridized carbons (Fsp3) is 0.214. The maximum Gasteiger partial charge on any atom is 0.261 e. The summed E-state index contributed by atoms with van der Waals surface area (Å²) in [5.74, 6) is -0.565. The van der Waals surface area contributed by atoms with E-state index in [-0.39, 0.29) is 61.9 Å². The number of carbonyl (C=O) groups is 4. The van der Waals surface area contributed by atoms with Crippen LogP contribution in [0.25, 0.3) is 11.4 Å². The monoisotopic (exact) mass is 878 g/mol. The van der Waals surface area contributed by atoms with Gasteiger partial charge in [-0.25, -0.2) is 0 Å². The molecule has 6 aromatic carbocycles. The molecule has 0 radical (unpaired) electrons. The Bertz CT molecular complexity index is 2590. The van der Waals surface area contributed by atoms with Gasteiger partial charge < -0.3 is 29.1 Å². The summed E-state index contributed by atoms with van der Waals surface area (Å²) >= 11 is 0.